The summed E-state index contributed by atoms with van der Waals surface area (Å²) in [6.45, 7) is 1.87. The van der Waals surface area contributed by atoms with Gasteiger partial charge >= 0.3 is 0 Å². The molecule has 116 valence electrons. The quantitative estimate of drug-likeness (QED) is 0.807. The molecule has 6 nitrogen and oxygen atoms in total. The molecule has 3 rings (SSSR count). The van der Waals surface area contributed by atoms with E-state index in [1.54, 1.807) is 19.3 Å². The summed E-state index contributed by atoms with van der Waals surface area (Å²) in [7, 11) is 1.69. The van der Waals surface area contributed by atoms with Gasteiger partial charge in [0.2, 0.25) is 5.82 Å². The smallest absolute Gasteiger partial charge is 0.295 e. The van der Waals surface area contributed by atoms with E-state index in [1.165, 1.54) is 17.1 Å². The van der Waals surface area contributed by atoms with E-state index < -0.39 is 11.7 Å². The summed E-state index contributed by atoms with van der Waals surface area (Å²) in [4.78, 5) is 19.9. The number of halogens is 1. The Morgan fingerprint density at radius 3 is 2.74 bits per heavy atom. The molecule has 2 heterocycles. The lowest BCUT2D eigenvalue weighted by Crippen LogP contribution is -2.15. The fourth-order valence-corrected chi connectivity index (χ4v) is 2.13. The number of hydrogen-bond donors (Lipinski definition) is 1. The Balaban J connectivity index is 1.90. The Morgan fingerprint density at radius 1 is 1.22 bits per heavy atom. The van der Waals surface area contributed by atoms with Crippen LogP contribution in [0.3, 0.4) is 0 Å². The number of benzene rings is 1. The molecule has 23 heavy (non-hydrogen) atoms. The number of carbonyl (C=O) groups excluding carboxylic acids is 1. The fourth-order valence-electron chi connectivity index (χ4n) is 2.13. The first-order valence-electron chi connectivity index (χ1n) is 6.91. The van der Waals surface area contributed by atoms with Gasteiger partial charge in [-0.2, -0.15) is 0 Å². The van der Waals surface area contributed by atoms with Crippen LogP contribution in [-0.4, -0.2) is 25.7 Å². The van der Waals surface area contributed by atoms with Crippen LogP contribution in [0.25, 0.3) is 11.1 Å². The average Bonchev–Trinajstić information content (AvgIpc) is 2.96. The van der Waals surface area contributed by atoms with E-state index in [9.17, 15) is 9.18 Å². The van der Waals surface area contributed by atoms with Crippen LogP contribution in [0.15, 0.2) is 43.0 Å². The van der Waals surface area contributed by atoms with Crippen LogP contribution in [0.5, 0.6) is 0 Å². The number of aryl methyl sites for hydroxylation is 2. The zero-order chi connectivity index (χ0) is 16.4. The van der Waals surface area contributed by atoms with Crippen LogP contribution in [0.2, 0.25) is 0 Å². The van der Waals surface area contributed by atoms with Crippen LogP contribution in [0, 0.1) is 12.7 Å². The second-order valence-corrected chi connectivity index (χ2v) is 5.12. The Kier molecular flexibility index (Phi) is 3.84. The second-order valence-electron chi connectivity index (χ2n) is 5.12. The van der Waals surface area contributed by atoms with Crippen molar-refractivity contribution in [2.45, 2.75) is 6.92 Å². The van der Waals surface area contributed by atoms with Crippen molar-refractivity contribution in [2.24, 2.45) is 7.05 Å². The Hall–Kier alpha value is -3.09. The van der Waals surface area contributed by atoms with Gasteiger partial charge in [0, 0.05) is 24.5 Å². The first kappa shape index (κ1) is 14.8. The molecule has 0 radical (unpaired) electrons. The third-order valence-corrected chi connectivity index (χ3v) is 3.33. The summed E-state index contributed by atoms with van der Waals surface area (Å²) in [5, 5.41) is 6.74. The van der Waals surface area contributed by atoms with Crippen molar-refractivity contribution in [3.05, 3.63) is 60.2 Å². The van der Waals surface area contributed by atoms with Crippen molar-refractivity contribution in [3.8, 4) is 11.1 Å². The van der Waals surface area contributed by atoms with Crippen molar-refractivity contribution < 1.29 is 9.18 Å². The average molecular weight is 311 g/mol. The third-order valence-electron chi connectivity index (χ3n) is 3.33. The van der Waals surface area contributed by atoms with Crippen molar-refractivity contribution in [1.29, 1.82) is 0 Å². The first-order valence-corrected chi connectivity index (χ1v) is 6.91. The maximum atomic E-state index is 13.3. The molecular weight excluding hydrogens is 297 g/mol. The number of nitrogens with zero attached hydrogens (tertiary/aromatic N) is 4. The van der Waals surface area contributed by atoms with E-state index in [4.69, 9.17) is 0 Å². The summed E-state index contributed by atoms with van der Waals surface area (Å²) in [6, 6.07) is 6.86. The van der Waals surface area contributed by atoms with E-state index in [0.717, 1.165) is 17.3 Å². The molecule has 0 saturated carbocycles. The highest BCUT2D eigenvalue weighted by molar-refractivity contribution is 6.02. The van der Waals surface area contributed by atoms with E-state index >= 15 is 0 Å². The van der Waals surface area contributed by atoms with Crippen LogP contribution in [-0.2, 0) is 7.05 Å². The molecule has 0 aliphatic rings. The topological polar surface area (TPSA) is 72.7 Å². The molecule has 0 aliphatic heterocycles. The van der Waals surface area contributed by atoms with Gasteiger partial charge in [0.15, 0.2) is 0 Å². The summed E-state index contributed by atoms with van der Waals surface area (Å²) in [5.41, 5.74) is 2.88. The van der Waals surface area contributed by atoms with Gasteiger partial charge in [0.05, 0.1) is 6.20 Å². The Labute approximate surface area is 132 Å². The molecule has 3 aromatic rings. The van der Waals surface area contributed by atoms with Gasteiger partial charge in [-0.25, -0.2) is 9.37 Å². The van der Waals surface area contributed by atoms with Crippen molar-refractivity contribution in [1.82, 2.24) is 19.7 Å². The van der Waals surface area contributed by atoms with Gasteiger partial charge in [0.1, 0.15) is 12.1 Å². The zero-order valence-corrected chi connectivity index (χ0v) is 12.6. The minimum atomic E-state index is -0.411. The number of pyridine rings is 1. The molecule has 0 fully saturated rings. The van der Waals surface area contributed by atoms with Crippen LogP contribution >= 0.6 is 0 Å². The number of anilines is 1. The summed E-state index contributed by atoms with van der Waals surface area (Å²) >= 11 is 0. The van der Waals surface area contributed by atoms with E-state index in [2.05, 4.69) is 20.4 Å². The standard InChI is InChI=1S/C16H14FN5O/c1-10-3-4-11(12-5-13(17)8-18-7-12)6-14(10)20-16(23)15-19-9-22(2)21-15/h3-9H,1-2H3,(H,20,23). The molecule has 1 aromatic carbocycles. The van der Waals surface area contributed by atoms with Crippen molar-refractivity contribution in [2.75, 3.05) is 5.32 Å². The van der Waals surface area contributed by atoms with Gasteiger partial charge < -0.3 is 5.32 Å². The van der Waals surface area contributed by atoms with Gasteiger partial charge in [-0.1, -0.05) is 12.1 Å². The summed E-state index contributed by atoms with van der Waals surface area (Å²) in [5.74, 6) is -0.723. The predicted molar refractivity (Wildman–Crippen MR) is 83.3 cm³/mol. The highest BCUT2D eigenvalue weighted by atomic mass is 19.1. The molecule has 2 aromatic heterocycles. The summed E-state index contributed by atoms with van der Waals surface area (Å²) < 4.78 is 14.8. The van der Waals surface area contributed by atoms with Crippen LogP contribution in [0.1, 0.15) is 16.2 Å². The number of amides is 1. The van der Waals surface area contributed by atoms with E-state index in [1.807, 2.05) is 19.1 Å². The monoisotopic (exact) mass is 311 g/mol. The second kappa shape index (κ2) is 5.96. The molecule has 0 atom stereocenters. The molecule has 0 saturated heterocycles. The first-order chi connectivity index (χ1) is 11.0. The fraction of sp³-hybridized carbons (Fsp3) is 0.125. The molecule has 1 amide bonds. The maximum absolute atomic E-state index is 13.3. The number of aromatic nitrogens is 4. The zero-order valence-electron chi connectivity index (χ0n) is 12.6. The molecule has 0 unspecified atom stereocenters. The lowest BCUT2D eigenvalue weighted by atomic mass is 10.0. The van der Waals surface area contributed by atoms with Gasteiger partial charge in [-0.05, 0) is 30.2 Å². The van der Waals surface area contributed by atoms with Gasteiger partial charge in [-0.3, -0.25) is 14.5 Å². The molecule has 0 aliphatic carbocycles. The lowest BCUT2D eigenvalue weighted by Gasteiger charge is -2.09. The van der Waals surface area contributed by atoms with E-state index in [-0.39, 0.29) is 5.82 Å². The van der Waals surface area contributed by atoms with E-state index in [0.29, 0.717) is 11.3 Å². The minimum Gasteiger partial charge on any atom is -0.319 e. The van der Waals surface area contributed by atoms with Crippen molar-refractivity contribution in [3.63, 3.8) is 0 Å². The molecular formula is C16H14FN5O. The molecule has 7 heteroatoms. The number of nitrogens with one attached hydrogen (secondary N) is 1. The number of hydrogen-bond acceptors (Lipinski definition) is 4. The molecule has 0 spiro atoms. The number of rotatable bonds is 3. The highest BCUT2D eigenvalue weighted by Gasteiger charge is 2.13. The number of carbonyl (C=O) groups is 1. The van der Waals surface area contributed by atoms with Crippen molar-refractivity contribution >= 4 is 11.6 Å². The van der Waals surface area contributed by atoms with Crippen LogP contribution < -0.4 is 5.32 Å². The Bertz CT molecular complexity index is 874. The third kappa shape index (κ3) is 3.23. The predicted octanol–water partition coefficient (Wildman–Crippen LogP) is 2.58. The maximum Gasteiger partial charge on any atom is 0.295 e. The lowest BCUT2D eigenvalue weighted by molar-refractivity contribution is 0.101. The normalized spacial score (nSPS) is 10.6. The minimum absolute atomic E-state index is 0.0877. The van der Waals surface area contributed by atoms with Gasteiger partial charge in [0.25, 0.3) is 5.91 Å². The Morgan fingerprint density at radius 2 is 2.04 bits per heavy atom. The largest absolute Gasteiger partial charge is 0.319 e. The SMILES string of the molecule is Cc1ccc(-c2cncc(F)c2)cc1NC(=O)c1ncn(C)n1. The van der Waals surface area contributed by atoms with Crippen LogP contribution in [0.4, 0.5) is 10.1 Å². The molecule has 0 bridgehead atoms. The molecule has 1 N–H and O–H groups in total. The summed E-state index contributed by atoms with van der Waals surface area (Å²) in [6.07, 6.45) is 4.17. The van der Waals surface area contributed by atoms with Gasteiger partial charge in [-0.15, -0.1) is 5.10 Å². The highest BCUT2D eigenvalue weighted by Crippen LogP contribution is 2.25.